The SMILES string of the molecule is CC1(C)CC(=O)C2=C(C1)c1c(ccc3ccccc13)N[C@H]2c1cc(I)cc(I)c1OCc1ccccc1. The van der Waals surface area contributed by atoms with E-state index in [9.17, 15) is 4.79 Å². The number of carbonyl (C=O) groups is 1. The molecule has 0 bridgehead atoms. The largest absolute Gasteiger partial charge is 0.487 e. The van der Waals surface area contributed by atoms with Gasteiger partial charge in [-0.1, -0.05) is 74.5 Å². The molecule has 3 nitrogen and oxygen atoms in total. The van der Waals surface area contributed by atoms with E-state index < -0.39 is 0 Å². The topological polar surface area (TPSA) is 38.3 Å². The second kappa shape index (κ2) is 9.73. The van der Waals surface area contributed by atoms with Crippen LogP contribution < -0.4 is 10.1 Å². The van der Waals surface area contributed by atoms with Gasteiger partial charge in [-0.15, -0.1) is 0 Å². The van der Waals surface area contributed by atoms with Gasteiger partial charge >= 0.3 is 0 Å². The Balaban J connectivity index is 1.54. The Kier molecular flexibility index (Phi) is 6.55. The molecular weight excluding hydrogens is 684 g/mol. The first-order valence-electron chi connectivity index (χ1n) is 12.5. The number of nitrogens with one attached hydrogen (secondary N) is 1. The van der Waals surface area contributed by atoms with Crippen LogP contribution in [0.4, 0.5) is 5.69 Å². The van der Waals surface area contributed by atoms with E-state index in [2.05, 4.69) is 125 Å². The summed E-state index contributed by atoms with van der Waals surface area (Å²) in [4.78, 5) is 13.9. The average Bonchev–Trinajstić information content (AvgIpc) is 2.86. The van der Waals surface area contributed by atoms with Crippen molar-refractivity contribution in [2.45, 2.75) is 39.3 Å². The molecule has 0 saturated heterocycles. The predicted molar refractivity (Wildman–Crippen MR) is 168 cm³/mol. The van der Waals surface area contributed by atoms with E-state index in [1.54, 1.807) is 0 Å². The standard InChI is InChI=1S/C32H27I2NO2/c1-32(2)16-24-28-22-11-7-6-10-20(22)12-13-26(28)35-30(29(24)27(36)17-32)23-14-21(33)15-25(34)31(23)37-18-19-8-4-3-5-9-19/h3-15,30,35H,16-18H2,1-2H3/t30-/m0/s1. The quantitative estimate of drug-likeness (QED) is 0.215. The van der Waals surface area contributed by atoms with Crippen LogP contribution in [0.5, 0.6) is 5.75 Å². The Hall–Kier alpha value is -2.39. The fourth-order valence-corrected chi connectivity index (χ4v) is 7.79. The van der Waals surface area contributed by atoms with E-state index in [0.29, 0.717) is 13.0 Å². The van der Waals surface area contributed by atoms with Crippen molar-refractivity contribution >= 4 is 73.0 Å². The lowest BCUT2D eigenvalue weighted by Gasteiger charge is -2.40. The van der Waals surface area contributed by atoms with Crippen LogP contribution >= 0.6 is 45.2 Å². The number of rotatable bonds is 4. The Morgan fingerprint density at radius 3 is 2.51 bits per heavy atom. The van der Waals surface area contributed by atoms with Gasteiger partial charge in [-0.05, 0) is 97.1 Å². The second-order valence-corrected chi connectivity index (χ2v) is 13.1. The van der Waals surface area contributed by atoms with Crippen LogP contribution in [0.2, 0.25) is 0 Å². The van der Waals surface area contributed by atoms with Crippen molar-refractivity contribution < 1.29 is 9.53 Å². The molecule has 1 aliphatic carbocycles. The zero-order valence-electron chi connectivity index (χ0n) is 20.8. The maximum absolute atomic E-state index is 13.9. The number of allylic oxidation sites excluding steroid dienone is 1. The van der Waals surface area contributed by atoms with Crippen molar-refractivity contribution in [3.63, 3.8) is 0 Å². The zero-order valence-corrected chi connectivity index (χ0v) is 25.1. The molecule has 0 saturated carbocycles. The van der Waals surface area contributed by atoms with Gasteiger partial charge < -0.3 is 10.1 Å². The number of hydrogen-bond donors (Lipinski definition) is 1. The molecule has 2 aliphatic rings. The normalized spacial score (nSPS) is 18.3. The van der Waals surface area contributed by atoms with E-state index in [-0.39, 0.29) is 17.2 Å². The lowest BCUT2D eigenvalue weighted by atomic mass is 9.68. The highest BCUT2D eigenvalue weighted by atomic mass is 127. The first-order chi connectivity index (χ1) is 17.8. The van der Waals surface area contributed by atoms with E-state index in [1.807, 2.05) is 18.2 Å². The van der Waals surface area contributed by atoms with Gasteiger partial charge in [0.25, 0.3) is 0 Å². The monoisotopic (exact) mass is 711 g/mol. The smallest absolute Gasteiger partial charge is 0.162 e. The molecule has 4 aromatic rings. The van der Waals surface area contributed by atoms with Gasteiger partial charge in [0.15, 0.2) is 5.78 Å². The summed E-state index contributed by atoms with van der Waals surface area (Å²) in [6.45, 7) is 4.89. The summed E-state index contributed by atoms with van der Waals surface area (Å²) in [5.74, 6) is 1.07. The van der Waals surface area contributed by atoms with Crippen LogP contribution in [0.15, 0.2) is 84.4 Å². The van der Waals surface area contributed by atoms with E-state index in [1.165, 1.54) is 21.9 Å². The number of hydrogen-bond acceptors (Lipinski definition) is 3. The summed E-state index contributed by atoms with van der Waals surface area (Å²) in [7, 11) is 0. The van der Waals surface area contributed by atoms with Gasteiger partial charge in [0.2, 0.25) is 0 Å². The number of Topliss-reactive ketones (excluding diaryl/α,β-unsaturated/α-hetero) is 1. The Labute approximate surface area is 245 Å². The zero-order chi connectivity index (χ0) is 25.7. The van der Waals surface area contributed by atoms with Crippen molar-refractivity contribution in [1.82, 2.24) is 0 Å². The van der Waals surface area contributed by atoms with Gasteiger partial charge in [-0.2, -0.15) is 0 Å². The number of anilines is 1. The second-order valence-electron chi connectivity index (χ2n) is 10.7. The number of ether oxygens (including phenoxy) is 1. The minimum Gasteiger partial charge on any atom is -0.487 e. The summed E-state index contributed by atoms with van der Waals surface area (Å²) in [5.41, 5.74) is 6.38. The number of fused-ring (bicyclic) bond motifs is 4. The number of halogens is 2. The molecule has 0 fully saturated rings. The van der Waals surface area contributed by atoms with Gasteiger partial charge in [0, 0.05) is 32.4 Å². The third-order valence-corrected chi connectivity index (χ3v) is 8.74. The highest BCUT2D eigenvalue weighted by Crippen LogP contribution is 2.53. The van der Waals surface area contributed by atoms with Crippen LogP contribution in [0.3, 0.4) is 0 Å². The lowest BCUT2D eigenvalue weighted by molar-refractivity contribution is -0.118. The number of carbonyl (C=O) groups excluding carboxylic acids is 1. The average molecular weight is 711 g/mol. The molecular formula is C32H27I2NO2. The van der Waals surface area contributed by atoms with Crippen molar-refractivity contribution in [3.8, 4) is 5.75 Å². The molecule has 0 amide bonds. The third kappa shape index (κ3) is 4.69. The van der Waals surface area contributed by atoms with Crippen molar-refractivity contribution in [2.24, 2.45) is 5.41 Å². The van der Waals surface area contributed by atoms with Gasteiger partial charge in [-0.3, -0.25) is 4.79 Å². The summed E-state index contributed by atoms with van der Waals surface area (Å²) in [6, 6.07) is 27.1. The molecule has 0 unspecified atom stereocenters. The van der Waals surface area contributed by atoms with Crippen LogP contribution in [0.25, 0.3) is 16.3 Å². The first-order valence-corrected chi connectivity index (χ1v) is 14.7. The van der Waals surface area contributed by atoms with Crippen LogP contribution in [-0.2, 0) is 11.4 Å². The van der Waals surface area contributed by atoms with Gasteiger partial charge in [0.1, 0.15) is 12.4 Å². The maximum Gasteiger partial charge on any atom is 0.162 e. The number of benzene rings is 4. The Morgan fingerprint density at radius 2 is 1.70 bits per heavy atom. The summed E-state index contributed by atoms with van der Waals surface area (Å²) in [6.07, 6.45) is 1.42. The van der Waals surface area contributed by atoms with Crippen molar-refractivity contribution in [1.29, 1.82) is 0 Å². The fourth-order valence-electron chi connectivity index (χ4n) is 5.75. The first kappa shape index (κ1) is 24.9. The third-order valence-electron chi connectivity index (χ3n) is 7.31. The van der Waals surface area contributed by atoms with Crippen molar-refractivity contribution in [3.05, 3.63) is 108 Å². The van der Waals surface area contributed by atoms with E-state index in [0.717, 1.165) is 41.7 Å². The molecule has 1 N–H and O–H groups in total. The van der Waals surface area contributed by atoms with Gasteiger partial charge in [-0.25, -0.2) is 0 Å². The molecule has 0 radical (unpaired) electrons. The Morgan fingerprint density at radius 1 is 0.946 bits per heavy atom. The maximum atomic E-state index is 13.9. The molecule has 0 spiro atoms. The molecule has 1 atom stereocenters. The molecule has 1 aliphatic heterocycles. The minimum atomic E-state index is -0.263. The van der Waals surface area contributed by atoms with Crippen LogP contribution in [-0.4, -0.2) is 5.78 Å². The summed E-state index contributed by atoms with van der Waals surface area (Å²) < 4.78 is 8.67. The van der Waals surface area contributed by atoms with E-state index >= 15 is 0 Å². The Bertz CT molecular complexity index is 1570. The molecule has 186 valence electrons. The molecule has 5 heteroatoms. The minimum absolute atomic E-state index is 0.0851. The highest BCUT2D eigenvalue weighted by Gasteiger charge is 2.41. The molecule has 1 heterocycles. The lowest BCUT2D eigenvalue weighted by Crippen LogP contribution is -2.33. The molecule has 37 heavy (non-hydrogen) atoms. The summed E-state index contributed by atoms with van der Waals surface area (Å²) in [5, 5.41) is 6.18. The molecule has 6 rings (SSSR count). The highest BCUT2D eigenvalue weighted by molar-refractivity contribution is 14.1. The van der Waals surface area contributed by atoms with Crippen LogP contribution in [0.1, 0.15) is 49.4 Å². The van der Waals surface area contributed by atoms with Gasteiger partial charge in [0.05, 0.1) is 9.61 Å². The van der Waals surface area contributed by atoms with Crippen LogP contribution in [0, 0.1) is 12.6 Å². The number of ketones is 1. The van der Waals surface area contributed by atoms with Crippen molar-refractivity contribution in [2.75, 3.05) is 5.32 Å². The molecule has 0 aromatic heterocycles. The predicted octanol–water partition coefficient (Wildman–Crippen LogP) is 8.94. The molecule has 4 aromatic carbocycles. The fraction of sp³-hybridized carbons (Fsp3) is 0.219. The van der Waals surface area contributed by atoms with E-state index in [4.69, 9.17) is 4.74 Å². The summed E-state index contributed by atoms with van der Waals surface area (Å²) >= 11 is 4.73.